The van der Waals surface area contributed by atoms with Crippen LogP contribution in [0.25, 0.3) is 21.5 Å². The van der Waals surface area contributed by atoms with E-state index in [9.17, 15) is 5.11 Å². The normalized spacial score (nSPS) is 21.8. The Balaban J connectivity index is 1.33. The van der Waals surface area contributed by atoms with Gasteiger partial charge in [0.05, 0.1) is 29.2 Å². The van der Waals surface area contributed by atoms with Crippen LogP contribution < -0.4 is 5.32 Å². The van der Waals surface area contributed by atoms with Gasteiger partial charge in [-0.05, 0) is 56.3 Å². The number of hydrogen-bond acceptors (Lipinski definition) is 8. The molecule has 2 fully saturated rings. The van der Waals surface area contributed by atoms with Crippen molar-refractivity contribution in [3.8, 4) is 17.0 Å². The first-order valence-electron chi connectivity index (χ1n) is 10.0. The summed E-state index contributed by atoms with van der Waals surface area (Å²) in [6, 6.07) is 4.11. The molecule has 2 N–H and O–H groups in total. The maximum Gasteiger partial charge on any atom is 0.149 e. The van der Waals surface area contributed by atoms with Gasteiger partial charge in [0.2, 0.25) is 0 Å². The molecule has 2 saturated heterocycles. The predicted octanol–water partition coefficient (Wildman–Crippen LogP) is 3.43. The lowest BCUT2D eigenvalue weighted by Gasteiger charge is -2.36. The summed E-state index contributed by atoms with van der Waals surface area (Å²) in [5, 5.41) is 25.6. The highest BCUT2D eigenvalue weighted by Crippen LogP contribution is 2.38. The van der Waals surface area contributed by atoms with E-state index in [1.54, 1.807) is 6.20 Å². The van der Waals surface area contributed by atoms with Gasteiger partial charge >= 0.3 is 0 Å². The van der Waals surface area contributed by atoms with Gasteiger partial charge < -0.3 is 20.1 Å². The van der Waals surface area contributed by atoms with Crippen molar-refractivity contribution in [1.29, 1.82) is 0 Å². The van der Waals surface area contributed by atoms with Gasteiger partial charge in [-0.25, -0.2) is 4.98 Å². The van der Waals surface area contributed by atoms with Gasteiger partial charge in [0, 0.05) is 19.3 Å². The van der Waals surface area contributed by atoms with E-state index in [0.717, 1.165) is 53.9 Å². The van der Waals surface area contributed by atoms with Gasteiger partial charge in [0.15, 0.2) is 0 Å². The minimum atomic E-state index is 0.0139. The van der Waals surface area contributed by atoms with Crippen LogP contribution >= 0.6 is 11.3 Å². The molecule has 0 aromatic carbocycles. The van der Waals surface area contributed by atoms with Crippen LogP contribution in [0.5, 0.6) is 5.75 Å². The van der Waals surface area contributed by atoms with Crippen LogP contribution in [-0.2, 0) is 4.74 Å². The molecule has 2 aliphatic heterocycles. The summed E-state index contributed by atoms with van der Waals surface area (Å²) in [4.78, 5) is 7.61. The zero-order chi connectivity index (χ0) is 20.0. The van der Waals surface area contributed by atoms with Crippen LogP contribution in [0.15, 0.2) is 23.7 Å². The van der Waals surface area contributed by atoms with Crippen molar-refractivity contribution in [3.63, 3.8) is 0 Å². The van der Waals surface area contributed by atoms with E-state index < -0.39 is 0 Å². The summed E-state index contributed by atoms with van der Waals surface area (Å²) in [6.45, 7) is 4.86. The van der Waals surface area contributed by atoms with Crippen molar-refractivity contribution in [2.75, 3.05) is 32.1 Å². The minimum absolute atomic E-state index is 0.0139. The van der Waals surface area contributed by atoms with Crippen LogP contribution in [0.2, 0.25) is 0 Å². The van der Waals surface area contributed by atoms with Gasteiger partial charge in [-0.1, -0.05) is 0 Å². The van der Waals surface area contributed by atoms with E-state index >= 15 is 0 Å². The average molecular weight is 412 g/mol. The summed E-state index contributed by atoms with van der Waals surface area (Å²) in [5.74, 6) is 0.955. The van der Waals surface area contributed by atoms with E-state index in [1.807, 2.05) is 24.4 Å². The lowest BCUT2D eigenvalue weighted by Crippen LogP contribution is -2.42. The molecule has 5 heterocycles. The van der Waals surface area contributed by atoms with E-state index in [-0.39, 0.29) is 17.4 Å². The van der Waals surface area contributed by atoms with Crippen molar-refractivity contribution in [1.82, 2.24) is 20.1 Å². The molecule has 0 saturated carbocycles. The number of likely N-dealkylation sites (tertiary alicyclic amines) is 1. The number of anilines is 1. The highest BCUT2D eigenvalue weighted by atomic mass is 32.1. The molecule has 152 valence electrons. The fourth-order valence-electron chi connectivity index (χ4n) is 4.43. The molecule has 0 bridgehead atoms. The Kier molecular flexibility index (Phi) is 4.64. The second kappa shape index (κ2) is 7.19. The van der Waals surface area contributed by atoms with Crippen molar-refractivity contribution >= 4 is 27.4 Å². The first-order chi connectivity index (χ1) is 14.0. The number of nitrogens with one attached hydrogen (secondary N) is 1. The topological polar surface area (TPSA) is 83.4 Å². The molecular formula is C21H25N5O2S. The highest BCUT2D eigenvalue weighted by molar-refractivity contribution is 7.16. The molecule has 0 amide bonds. The Morgan fingerprint density at radius 3 is 2.93 bits per heavy atom. The highest BCUT2D eigenvalue weighted by Gasteiger charge is 2.42. The standard InChI is InChI=1S/C21H25N5O2S/c1-13-9-17(23-14-10-21(28-12-14)4-6-26(2)7-5-21)24-25-18(13)16-11-22-20-15(19(16)27)3-8-29-20/h3,8-9,11,14H,4-7,10,12H2,1-2H3,(H,22,27)(H,23,24)/t14-/m1/s1. The van der Waals surface area contributed by atoms with E-state index in [2.05, 4.69) is 32.4 Å². The van der Waals surface area contributed by atoms with Crippen LogP contribution in [0.1, 0.15) is 24.8 Å². The quantitative estimate of drug-likeness (QED) is 0.683. The van der Waals surface area contributed by atoms with Gasteiger partial charge in [0.1, 0.15) is 22.1 Å². The average Bonchev–Trinajstić information content (AvgIpc) is 3.34. The number of aromatic hydroxyl groups is 1. The molecule has 1 spiro atoms. The Bertz CT molecular complexity index is 1040. The van der Waals surface area contributed by atoms with Crippen LogP contribution in [0.4, 0.5) is 5.82 Å². The Labute approximate surface area is 173 Å². The second-order valence-corrected chi connectivity index (χ2v) is 9.16. The zero-order valence-corrected chi connectivity index (χ0v) is 17.5. The second-order valence-electron chi connectivity index (χ2n) is 8.26. The first-order valence-corrected chi connectivity index (χ1v) is 10.9. The molecule has 3 aromatic heterocycles. The number of nitrogens with zero attached hydrogens (tertiary/aromatic N) is 4. The summed E-state index contributed by atoms with van der Waals surface area (Å²) in [6.07, 6.45) is 4.85. The number of aromatic nitrogens is 3. The molecule has 5 rings (SSSR count). The lowest BCUT2D eigenvalue weighted by molar-refractivity contribution is -0.0391. The summed E-state index contributed by atoms with van der Waals surface area (Å²) < 4.78 is 6.21. The molecule has 0 aliphatic carbocycles. The smallest absolute Gasteiger partial charge is 0.149 e. The lowest BCUT2D eigenvalue weighted by atomic mass is 9.87. The number of ether oxygens (including phenoxy) is 1. The van der Waals surface area contributed by atoms with Crippen LogP contribution in [-0.4, -0.2) is 63.6 Å². The minimum Gasteiger partial charge on any atom is -0.506 e. The number of rotatable bonds is 3. The van der Waals surface area contributed by atoms with Gasteiger partial charge in [-0.15, -0.1) is 21.5 Å². The van der Waals surface area contributed by atoms with Crippen molar-refractivity contribution in [3.05, 3.63) is 29.3 Å². The SMILES string of the molecule is Cc1cc(N[C@H]2COC3(CCN(C)CC3)C2)nnc1-c1cnc2sccc2c1O. The third kappa shape index (κ3) is 3.45. The molecular weight excluding hydrogens is 386 g/mol. The summed E-state index contributed by atoms with van der Waals surface area (Å²) in [5.41, 5.74) is 2.23. The molecule has 8 heteroatoms. The van der Waals surface area contributed by atoms with Crippen LogP contribution in [0, 0.1) is 6.92 Å². The molecule has 2 aliphatic rings. The van der Waals surface area contributed by atoms with E-state index in [0.29, 0.717) is 17.9 Å². The Morgan fingerprint density at radius 2 is 2.14 bits per heavy atom. The third-order valence-corrected chi connectivity index (χ3v) is 6.99. The van der Waals surface area contributed by atoms with Gasteiger partial charge in [-0.3, -0.25) is 0 Å². The summed E-state index contributed by atoms with van der Waals surface area (Å²) >= 11 is 1.51. The molecule has 0 radical (unpaired) electrons. The zero-order valence-electron chi connectivity index (χ0n) is 16.7. The maximum absolute atomic E-state index is 10.6. The fraction of sp³-hybridized carbons (Fsp3) is 0.476. The number of fused-ring (bicyclic) bond motifs is 1. The van der Waals surface area contributed by atoms with Crippen LogP contribution in [0.3, 0.4) is 0 Å². The third-order valence-electron chi connectivity index (χ3n) is 6.16. The van der Waals surface area contributed by atoms with E-state index in [4.69, 9.17) is 4.74 Å². The number of aryl methyl sites for hydroxylation is 1. The number of pyridine rings is 1. The molecule has 29 heavy (non-hydrogen) atoms. The number of hydrogen-bond donors (Lipinski definition) is 2. The summed E-state index contributed by atoms with van der Waals surface area (Å²) in [7, 11) is 2.17. The number of piperidine rings is 1. The number of thiophene rings is 1. The molecule has 7 nitrogen and oxygen atoms in total. The van der Waals surface area contributed by atoms with Gasteiger partial charge in [0.25, 0.3) is 0 Å². The molecule has 1 atom stereocenters. The Hall–Kier alpha value is -2.29. The van der Waals surface area contributed by atoms with Gasteiger partial charge in [-0.2, -0.15) is 0 Å². The van der Waals surface area contributed by atoms with Crippen molar-refractivity contribution in [2.45, 2.75) is 37.8 Å². The fourth-order valence-corrected chi connectivity index (χ4v) is 5.16. The molecule has 0 unspecified atom stereocenters. The monoisotopic (exact) mass is 411 g/mol. The Morgan fingerprint density at radius 1 is 1.31 bits per heavy atom. The first kappa shape index (κ1) is 18.7. The van der Waals surface area contributed by atoms with Crippen molar-refractivity contribution < 1.29 is 9.84 Å². The van der Waals surface area contributed by atoms with E-state index in [1.165, 1.54) is 11.3 Å². The van der Waals surface area contributed by atoms with Crippen molar-refractivity contribution in [2.24, 2.45) is 0 Å². The molecule has 3 aromatic rings. The predicted molar refractivity (Wildman–Crippen MR) is 114 cm³/mol. The maximum atomic E-state index is 10.6. The largest absolute Gasteiger partial charge is 0.506 e.